The zero-order chi connectivity index (χ0) is 14.7. The van der Waals surface area contributed by atoms with E-state index in [2.05, 4.69) is 28.3 Å². The van der Waals surface area contributed by atoms with E-state index in [0.717, 1.165) is 51.3 Å². The standard InChI is InChI=1S/C16H23N3O2/c17-16(18-20)13-4-3-8-19(11-13)10-12-7-9-21-15-6-2-1-5-14(12)15/h1-2,5-6,12-13,20H,3-4,7-11H2,(H2,17,18). The van der Waals surface area contributed by atoms with E-state index in [4.69, 9.17) is 15.7 Å². The third kappa shape index (κ3) is 3.13. The van der Waals surface area contributed by atoms with Crippen LogP contribution in [0.2, 0.25) is 0 Å². The number of para-hydroxylation sites is 1. The Morgan fingerprint density at radius 2 is 2.24 bits per heavy atom. The molecule has 1 aromatic rings. The number of nitrogens with two attached hydrogens (primary N) is 1. The summed E-state index contributed by atoms with van der Waals surface area (Å²) in [5, 5.41) is 12.0. The second kappa shape index (κ2) is 6.35. The third-order valence-electron chi connectivity index (χ3n) is 4.60. The van der Waals surface area contributed by atoms with Crippen molar-refractivity contribution in [3.05, 3.63) is 29.8 Å². The maximum atomic E-state index is 8.85. The smallest absolute Gasteiger partial charge is 0.143 e. The van der Waals surface area contributed by atoms with Crippen molar-refractivity contribution in [2.45, 2.75) is 25.2 Å². The van der Waals surface area contributed by atoms with Crippen LogP contribution in [-0.4, -0.2) is 42.2 Å². The minimum atomic E-state index is 0.179. The molecule has 2 unspecified atom stereocenters. The molecule has 0 bridgehead atoms. The number of benzene rings is 1. The molecule has 1 aromatic carbocycles. The first-order valence-corrected chi connectivity index (χ1v) is 7.69. The molecule has 5 heteroatoms. The lowest BCUT2D eigenvalue weighted by molar-refractivity contribution is 0.170. The van der Waals surface area contributed by atoms with Crippen LogP contribution in [0.1, 0.15) is 30.7 Å². The highest BCUT2D eigenvalue weighted by Gasteiger charge is 2.28. The lowest BCUT2D eigenvalue weighted by atomic mass is 9.90. The number of hydrogen-bond donors (Lipinski definition) is 2. The Kier molecular flexibility index (Phi) is 4.29. The van der Waals surface area contributed by atoms with Gasteiger partial charge in [-0.3, -0.25) is 0 Å². The molecule has 0 saturated carbocycles. The first kappa shape index (κ1) is 14.2. The summed E-state index contributed by atoms with van der Waals surface area (Å²) in [6, 6.07) is 8.33. The summed E-state index contributed by atoms with van der Waals surface area (Å²) in [6.45, 7) is 3.79. The normalized spacial score (nSPS) is 27.0. The molecule has 0 spiro atoms. The van der Waals surface area contributed by atoms with E-state index in [1.165, 1.54) is 5.56 Å². The van der Waals surface area contributed by atoms with Gasteiger partial charge >= 0.3 is 0 Å². The number of nitrogens with zero attached hydrogens (tertiary/aromatic N) is 2. The summed E-state index contributed by atoms with van der Waals surface area (Å²) in [4.78, 5) is 2.44. The van der Waals surface area contributed by atoms with E-state index >= 15 is 0 Å². The molecular weight excluding hydrogens is 266 g/mol. The Bertz CT molecular complexity index is 518. The number of oxime groups is 1. The summed E-state index contributed by atoms with van der Waals surface area (Å²) < 4.78 is 5.73. The second-order valence-electron chi connectivity index (χ2n) is 6.00. The fourth-order valence-corrected chi connectivity index (χ4v) is 3.46. The van der Waals surface area contributed by atoms with Gasteiger partial charge in [-0.15, -0.1) is 0 Å². The highest BCUT2D eigenvalue weighted by atomic mass is 16.5. The number of amidine groups is 1. The quantitative estimate of drug-likeness (QED) is 0.386. The van der Waals surface area contributed by atoms with Gasteiger partial charge in [-0.2, -0.15) is 0 Å². The fraction of sp³-hybridized carbons (Fsp3) is 0.562. The van der Waals surface area contributed by atoms with E-state index in [1.54, 1.807) is 0 Å². The number of rotatable bonds is 3. The molecule has 0 aromatic heterocycles. The van der Waals surface area contributed by atoms with Crippen molar-refractivity contribution in [3.8, 4) is 5.75 Å². The van der Waals surface area contributed by atoms with Crippen molar-refractivity contribution in [3.63, 3.8) is 0 Å². The van der Waals surface area contributed by atoms with Crippen LogP contribution in [0.4, 0.5) is 0 Å². The van der Waals surface area contributed by atoms with E-state index in [-0.39, 0.29) is 5.92 Å². The molecule has 0 aliphatic carbocycles. The number of piperidine rings is 1. The highest BCUT2D eigenvalue weighted by Crippen LogP contribution is 2.34. The van der Waals surface area contributed by atoms with Gasteiger partial charge in [-0.25, -0.2) is 0 Å². The number of hydrogen-bond acceptors (Lipinski definition) is 4. The Balaban J connectivity index is 1.67. The number of fused-ring (bicyclic) bond motifs is 1. The largest absolute Gasteiger partial charge is 0.493 e. The van der Waals surface area contributed by atoms with Crippen molar-refractivity contribution < 1.29 is 9.94 Å². The van der Waals surface area contributed by atoms with Gasteiger partial charge in [0.1, 0.15) is 11.6 Å². The summed E-state index contributed by atoms with van der Waals surface area (Å²) in [5.41, 5.74) is 7.09. The molecule has 114 valence electrons. The van der Waals surface area contributed by atoms with Crippen molar-refractivity contribution in [2.24, 2.45) is 16.8 Å². The van der Waals surface area contributed by atoms with Gasteiger partial charge in [0.25, 0.3) is 0 Å². The molecule has 2 atom stereocenters. The predicted molar refractivity (Wildman–Crippen MR) is 81.9 cm³/mol. The van der Waals surface area contributed by atoms with Crippen LogP contribution in [0, 0.1) is 5.92 Å². The maximum absolute atomic E-state index is 8.85. The Morgan fingerprint density at radius 3 is 3.10 bits per heavy atom. The molecule has 5 nitrogen and oxygen atoms in total. The predicted octanol–water partition coefficient (Wildman–Crippen LogP) is 2.01. The average Bonchev–Trinajstić information content (AvgIpc) is 2.55. The molecule has 0 radical (unpaired) electrons. The Hall–Kier alpha value is -1.75. The Labute approximate surface area is 125 Å². The van der Waals surface area contributed by atoms with Crippen molar-refractivity contribution >= 4 is 5.84 Å². The summed E-state index contributed by atoms with van der Waals surface area (Å²) >= 11 is 0. The van der Waals surface area contributed by atoms with E-state index in [9.17, 15) is 0 Å². The van der Waals surface area contributed by atoms with Crippen LogP contribution in [0.5, 0.6) is 5.75 Å². The monoisotopic (exact) mass is 289 g/mol. The van der Waals surface area contributed by atoms with Crippen LogP contribution < -0.4 is 10.5 Å². The lowest BCUT2D eigenvalue weighted by Crippen LogP contribution is -2.43. The molecule has 3 rings (SSSR count). The van der Waals surface area contributed by atoms with Gasteiger partial charge in [-0.05, 0) is 37.4 Å². The Morgan fingerprint density at radius 1 is 1.38 bits per heavy atom. The molecule has 3 N–H and O–H groups in total. The average molecular weight is 289 g/mol. The van der Waals surface area contributed by atoms with Gasteiger partial charge in [0, 0.05) is 24.9 Å². The van der Waals surface area contributed by atoms with Crippen LogP contribution in [0.15, 0.2) is 29.4 Å². The van der Waals surface area contributed by atoms with Gasteiger partial charge in [0.15, 0.2) is 0 Å². The number of likely N-dealkylation sites (tertiary alicyclic amines) is 1. The molecule has 1 saturated heterocycles. The van der Waals surface area contributed by atoms with Crippen LogP contribution in [0.3, 0.4) is 0 Å². The molecule has 1 fully saturated rings. The van der Waals surface area contributed by atoms with E-state index in [1.807, 2.05) is 6.07 Å². The van der Waals surface area contributed by atoms with Gasteiger partial charge in [0.2, 0.25) is 0 Å². The second-order valence-corrected chi connectivity index (χ2v) is 6.00. The zero-order valence-electron chi connectivity index (χ0n) is 12.2. The van der Waals surface area contributed by atoms with E-state index < -0.39 is 0 Å². The molecule has 2 aliphatic rings. The summed E-state index contributed by atoms with van der Waals surface area (Å²) in [5.74, 6) is 2.09. The third-order valence-corrected chi connectivity index (χ3v) is 4.60. The highest BCUT2D eigenvalue weighted by molar-refractivity contribution is 5.82. The lowest BCUT2D eigenvalue weighted by Gasteiger charge is -2.36. The summed E-state index contributed by atoms with van der Waals surface area (Å²) in [6.07, 6.45) is 3.17. The topological polar surface area (TPSA) is 71.1 Å². The van der Waals surface area contributed by atoms with Crippen molar-refractivity contribution in [1.29, 1.82) is 0 Å². The van der Waals surface area contributed by atoms with Crippen LogP contribution >= 0.6 is 0 Å². The number of ether oxygens (including phenoxy) is 1. The maximum Gasteiger partial charge on any atom is 0.143 e. The fourth-order valence-electron chi connectivity index (χ4n) is 3.46. The SMILES string of the molecule is N/C(=N/O)C1CCCN(CC2CCOc3ccccc32)C1. The first-order chi connectivity index (χ1) is 10.3. The summed E-state index contributed by atoms with van der Waals surface area (Å²) in [7, 11) is 0. The van der Waals surface area contributed by atoms with E-state index in [0.29, 0.717) is 11.8 Å². The van der Waals surface area contributed by atoms with Crippen molar-refractivity contribution in [1.82, 2.24) is 4.90 Å². The molecular formula is C16H23N3O2. The zero-order valence-corrected chi connectivity index (χ0v) is 12.2. The molecule has 2 heterocycles. The van der Waals surface area contributed by atoms with Crippen molar-refractivity contribution in [2.75, 3.05) is 26.2 Å². The molecule has 21 heavy (non-hydrogen) atoms. The molecule has 2 aliphatic heterocycles. The minimum absolute atomic E-state index is 0.179. The van der Waals surface area contributed by atoms with Crippen LogP contribution in [0.25, 0.3) is 0 Å². The van der Waals surface area contributed by atoms with Gasteiger partial charge < -0.3 is 20.6 Å². The first-order valence-electron chi connectivity index (χ1n) is 7.69. The van der Waals surface area contributed by atoms with Crippen LogP contribution in [-0.2, 0) is 0 Å². The van der Waals surface area contributed by atoms with Gasteiger partial charge in [-0.1, -0.05) is 23.4 Å². The molecule has 0 amide bonds. The minimum Gasteiger partial charge on any atom is -0.493 e. The van der Waals surface area contributed by atoms with Gasteiger partial charge in [0.05, 0.1) is 6.61 Å².